The van der Waals surface area contributed by atoms with Gasteiger partial charge in [-0.2, -0.15) is 18.2 Å². The van der Waals surface area contributed by atoms with Crippen LogP contribution in [-0.2, 0) is 28.2 Å². The average Bonchev–Trinajstić information content (AvgIpc) is 3.04. The minimum atomic E-state index is -4.61. The fourth-order valence-corrected chi connectivity index (χ4v) is 5.35. The Labute approximate surface area is 194 Å². The first-order chi connectivity index (χ1) is 15.1. The van der Waals surface area contributed by atoms with Crippen molar-refractivity contribution >= 4 is 27.3 Å². The summed E-state index contributed by atoms with van der Waals surface area (Å²) in [7, 11) is -1.98. The van der Waals surface area contributed by atoms with Crippen LogP contribution in [0.2, 0.25) is 0 Å². The largest absolute Gasteiger partial charge is 0.496 e. The Balaban J connectivity index is 1.99. The van der Waals surface area contributed by atoms with Gasteiger partial charge in [0.25, 0.3) is 5.91 Å². The molecule has 1 aliphatic heterocycles. The quantitative estimate of drug-likeness (QED) is 0.623. The zero-order valence-electron chi connectivity index (χ0n) is 18.9. The van der Waals surface area contributed by atoms with E-state index in [1.165, 1.54) is 22.8 Å². The van der Waals surface area contributed by atoms with Crippen LogP contribution in [0.15, 0.2) is 29.4 Å². The summed E-state index contributed by atoms with van der Waals surface area (Å²) in [6.45, 7) is 7.16. The van der Waals surface area contributed by atoms with Gasteiger partial charge >= 0.3 is 6.18 Å². The molecule has 1 aromatic heterocycles. The molecule has 1 saturated heterocycles. The van der Waals surface area contributed by atoms with Crippen molar-refractivity contribution in [2.45, 2.75) is 38.9 Å². The van der Waals surface area contributed by atoms with Crippen molar-refractivity contribution in [2.75, 3.05) is 26.5 Å². The zero-order chi connectivity index (χ0) is 24.8. The second-order valence-electron chi connectivity index (χ2n) is 9.06. The number of hydrogen-bond donors (Lipinski definition) is 0. The van der Waals surface area contributed by atoms with Gasteiger partial charge in [-0.1, -0.05) is 20.8 Å². The predicted octanol–water partition coefficient (Wildman–Crippen LogP) is 3.51. The number of ether oxygens (including phenoxy) is 1. The third-order valence-corrected chi connectivity index (χ3v) is 7.94. The minimum Gasteiger partial charge on any atom is -0.496 e. The molecule has 12 heteroatoms. The predicted molar refractivity (Wildman–Crippen MR) is 119 cm³/mol. The molecule has 182 valence electrons. The molecule has 7 nitrogen and oxygen atoms in total. The smallest absolute Gasteiger partial charge is 0.416 e. The molecule has 1 amide bonds. The van der Waals surface area contributed by atoms with Crippen molar-refractivity contribution in [1.29, 1.82) is 0 Å². The van der Waals surface area contributed by atoms with Gasteiger partial charge in [-0.25, -0.2) is 12.7 Å². The monoisotopic (exact) mass is 505 g/mol. The van der Waals surface area contributed by atoms with Crippen molar-refractivity contribution in [3.8, 4) is 5.75 Å². The lowest BCUT2D eigenvalue weighted by Crippen LogP contribution is -2.51. The van der Waals surface area contributed by atoms with Gasteiger partial charge in [-0.3, -0.25) is 4.79 Å². The Bertz CT molecular complexity index is 1220. The summed E-state index contributed by atoms with van der Waals surface area (Å²) >= 11 is 1.28. The average molecular weight is 506 g/mol. The number of amides is 1. The highest BCUT2D eigenvalue weighted by Gasteiger charge is 2.34. The first-order valence-electron chi connectivity index (χ1n) is 10.1. The molecule has 0 spiro atoms. The molecule has 1 aliphatic rings. The van der Waals surface area contributed by atoms with E-state index in [1.54, 1.807) is 4.57 Å². The third kappa shape index (κ3) is 5.85. The number of methoxy groups -OCH3 is 1. The number of alkyl halides is 3. The maximum atomic E-state index is 13.2. The molecule has 0 radical (unpaired) electrons. The Morgan fingerprint density at radius 2 is 1.88 bits per heavy atom. The van der Waals surface area contributed by atoms with Gasteiger partial charge in [0.1, 0.15) is 5.75 Å². The maximum Gasteiger partial charge on any atom is 0.416 e. The molecule has 0 N–H and O–H groups in total. The second-order valence-corrected chi connectivity index (χ2v) is 12.0. The number of carbonyl (C=O) groups is 1. The Kier molecular flexibility index (Phi) is 6.84. The van der Waals surface area contributed by atoms with E-state index >= 15 is 0 Å². The van der Waals surface area contributed by atoms with Crippen molar-refractivity contribution in [1.82, 2.24) is 8.87 Å². The van der Waals surface area contributed by atoms with Crippen LogP contribution >= 0.6 is 11.3 Å². The fourth-order valence-electron chi connectivity index (χ4n) is 3.33. The second kappa shape index (κ2) is 8.88. The van der Waals surface area contributed by atoms with Crippen molar-refractivity contribution in [3.05, 3.63) is 45.2 Å². The van der Waals surface area contributed by atoms with E-state index < -0.39 is 27.7 Å². The Morgan fingerprint density at radius 3 is 2.39 bits per heavy atom. The standard InChI is InChI=1S/C21H26F3N3O4S2/c1-20(2,3)17-12-26(9-13-10-27(11-13)33(5,29)30)19(32-17)25-18(28)15-8-14(21(22,23)24)6-7-16(15)31-4/h6-8,12-13H,9-11H2,1-5H3/b25-19-. The molecule has 0 bridgehead atoms. The number of thiazole rings is 1. The SMILES string of the molecule is COc1ccc(C(F)(F)F)cc1C(=O)/N=c1\sc(C(C)(C)C)cn1CC1CN(S(C)(=O)=O)C1. The summed E-state index contributed by atoms with van der Waals surface area (Å²) in [6.07, 6.45) is -1.59. The zero-order valence-corrected chi connectivity index (χ0v) is 20.6. The van der Waals surface area contributed by atoms with Crippen molar-refractivity contribution in [2.24, 2.45) is 10.9 Å². The molecule has 2 heterocycles. The fraction of sp³-hybridized carbons (Fsp3) is 0.524. The van der Waals surface area contributed by atoms with E-state index in [-0.39, 0.29) is 22.6 Å². The number of halogens is 3. The molecule has 0 atom stereocenters. The summed E-state index contributed by atoms with van der Waals surface area (Å²) < 4.78 is 71.0. The number of rotatable bonds is 5. The van der Waals surface area contributed by atoms with Crippen LogP contribution in [0, 0.1) is 5.92 Å². The van der Waals surface area contributed by atoms with E-state index in [4.69, 9.17) is 4.74 Å². The normalized spacial score (nSPS) is 16.7. The van der Waals surface area contributed by atoms with Crippen molar-refractivity contribution in [3.63, 3.8) is 0 Å². The topological polar surface area (TPSA) is 81.0 Å². The van der Waals surface area contributed by atoms with E-state index in [1.807, 2.05) is 27.0 Å². The van der Waals surface area contributed by atoms with E-state index in [0.717, 1.165) is 29.3 Å². The maximum absolute atomic E-state index is 13.2. The number of hydrogen-bond acceptors (Lipinski definition) is 5. The van der Waals surface area contributed by atoms with Crippen LogP contribution in [0.4, 0.5) is 13.2 Å². The van der Waals surface area contributed by atoms with Gasteiger partial charge in [0.2, 0.25) is 10.0 Å². The number of sulfonamides is 1. The van der Waals surface area contributed by atoms with E-state index in [9.17, 15) is 26.4 Å². The van der Waals surface area contributed by atoms with Crippen LogP contribution in [-0.4, -0.2) is 49.7 Å². The molecule has 2 aromatic rings. The molecular weight excluding hydrogens is 479 g/mol. The minimum absolute atomic E-state index is 0.00121. The molecule has 0 aliphatic carbocycles. The van der Waals surface area contributed by atoms with Gasteiger partial charge in [-0.15, -0.1) is 11.3 Å². The van der Waals surface area contributed by atoms with Gasteiger partial charge in [0.15, 0.2) is 4.80 Å². The molecule has 3 rings (SSSR count). The van der Waals surface area contributed by atoms with E-state index in [0.29, 0.717) is 24.4 Å². The molecule has 1 aromatic carbocycles. The lowest BCUT2D eigenvalue weighted by Gasteiger charge is -2.37. The Morgan fingerprint density at radius 1 is 1.24 bits per heavy atom. The van der Waals surface area contributed by atoms with E-state index in [2.05, 4.69) is 4.99 Å². The number of nitrogens with zero attached hydrogens (tertiary/aromatic N) is 3. The number of benzene rings is 1. The number of carbonyl (C=O) groups excluding carboxylic acids is 1. The van der Waals surface area contributed by atoms with Crippen LogP contribution < -0.4 is 9.54 Å². The van der Waals surface area contributed by atoms with Crippen LogP contribution in [0.3, 0.4) is 0 Å². The van der Waals surface area contributed by atoms with Crippen molar-refractivity contribution < 1.29 is 31.1 Å². The lowest BCUT2D eigenvalue weighted by molar-refractivity contribution is -0.137. The summed E-state index contributed by atoms with van der Waals surface area (Å²) in [4.78, 5) is 18.3. The summed E-state index contributed by atoms with van der Waals surface area (Å²) in [5, 5.41) is 0. The summed E-state index contributed by atoms with van der Waals surface area (Å²) in [6, 6.07) is 2.69. The van der Waals surface area contributed by atoms with Gasteiger partial charge in [0, 0.05) is 36.6 Å². The van der Waals surface area contributed by atoms with Gasteiger partial charge in [-0.05, 0) is 23.6 Å². The Hall–Kier alpha value is -2.18. The molecule has 33 heavy (non-hydrogen) atoms. The van der Waals surface area contributed by atoms with Crippen LogP contribution in [0.1, 0.15) is 41.6 Å². The molecule has 0 unspecified atom stereocenters. The van der Waals surface area contributed by atoms with Crippen LogP contribution in [0.5, 0.6) is 5.75 Å². The summed E-state index contributed by atoms with van der Waals surface area (Å²) in [5.41, 5.74) is -1.49. The molecule has 1 fully saturated rings. The first-order valence-corrected chi connectivity index (χ1v) is 12.8. The highest BCUT2D eigenvalue weighted by Crippen LogP contribution is 2.33. The van der Waals surface area contributed by atoms with Crippen LogP contribution in [0.25, 0.3) is 0 Å². The highest BCUT2D eigenvalue weighted by molar-refractivity contribution is 7.88. The first kappa shape index (κ1) is 25.4. The van der Waals surface area contributed by atoms with Gasteiger partial charge < -0.3 is 9.30 Å². The number of aromatic nitrogens is 1. The third-order valence-electron chi connectivity index (χ3n) is 5.26. The highest BCUT2D eigenvalue weighted by atomic mass is 32.2. The lowest BCUT2D eigenvalue weighted by atomic mass is 9.95. The molecule has 0 saturated carbocycles. The summed E-state index contributed by atoms with van der Waals surface area (Å²) in [5.74, 6) is -0.807. The van der Waals surface area contributed by atoms with Gasteiger partial charge in [0.05, 0.1) is 24.5 Å². The molecular formula is C21H26F3N3O4S2.